The van der Waals surface area contributed by atoms with Gasteiger partial charge in [-0.15, -0.1) is 0 Å². The zero-order valence-electron chi connectivity index (χ0n) is 11.4. The SMILES string of the molecule is CC1(COC(=O)c2cc3c(o2)CCCNC3=O)COC1. The Bertz CT molecular complexity index is 544. The second-order valence-corrected chi connectivity index (χ2v) is 5.69. The van der Waals surface area contributed by atoms with E-state index in [2.05, 4.69) is 5.32 Å². The molecule has 0 aromatic carbocycles. The minimum atomic E-state index is -0.529. The average molecular weight is 279 g/mol. The fraction of sp³-hybridized carbons (Fsp3) is 0.571. The van der Waals surface area contributed by atoms with Gasteiger partial charge in [0.05, 0.1) is 18.8 Å². The Morgan fingerprint density at radius 3 is 3.00 bits per heavy atom. The summed E-state index contributed by atoms with van der Waals surface area (Å²) in [4.78, 5) is 23.7. The second kappa shape index (κ2) is 4.94. The smallest absolute Gasteiger partial charge is 0.374 e. The molecule has 0 atom stereocenters. The third kappa shape index (κ3) is 2.43. The van der Waals surface area contributed by atoms with Gasteiger partial charge in [-0.05, 0) is 6.42 Å². The van der Waals surface area contributed by atoms with Crippen LogP contribution in [0.25, 0.3) is 0 Å². The molecule has 0 spiro atoms. The van der Waals surface area contributed by atoms with Crippen LogP contribution < -0.4 is 5.32 Å². The summed E-state index contributed by atoms with van der Waals surface area (Å²) in [5, 5.41) is 2.76. The fourth-order valence-electron chi connectivity index (χ4n) is 2.30. The van der Waals surface area contributed by atoms with Crippen molar-refractivity contribution in [2.24, 2.45) is 5.41 Å². The van der Waals surface area contributed by atoms with Gasteiger partial charge in [-0.25, -0.2) is 4.79 Å². The summed E-state index contributed by atoms with van der Waals surface area (Å²) >= 11 is 0. The third-order valence-corrected chi connectivity index (χ3v) is 3.57. The largest absolute Gasteiger partial charge is 0.459 e. The molecule has 0 aliphatic carbocycles. The molecule has 2 aliphatic heterocycles. The van der Waals surface area contributed by atoms with Crippen molar-refractivity contribution in [2.75, 3.05) is 26.4 Å². The van der Waals surface area contributed by atoms with Crippen LogP contribution in [0.15, 0.2) is 10.5 Å². The molecule has 0 bridgehead atoms. The monoisotopic (exact) mass is 279 g/mol. The normalized spacial score (nSPS) is 20.4. The summed E-state index contributed by atoms with van der Waals surface area (Å²) in [7, 11) is 0. The van der Waals surface area contributed by atoms with Gasteiger partial charge in [0.25, 0.3) is 5.91 Å². The number of rotatable bonds is 3. The van der Waals surface area contributed by atoms with Crippen LogP contribution in [-0.4, -0.2) is 38.2 Å². The molecule has 2 aliphatic rings. The van der Waals surface area contributed by atoms with E-state index in [1.807, 2.05) is 6.92 Å². The van der Waals surface area contributed by atoms with Crippen LogP contribution in [0.5, 0.6) is 0 Å². The van der Waals surface area contributed by atoms with E-state index in [9.17, 15) is 9.59 Å². The van der Waals surface area contributed by atoms with Gasteiger partial charge >= 0.3 is 5.97 Å². The first-order valence-electron chi connectivity index (χ1n) is 6.73. The maximum atomic E-state index is 12.0. The maximum absolute atomic E-state index is 12.0. The third-order valence-electron chi connectivity index (χ3n) is 3.57. The van der Waals surface area contributed by atoms with E-state index in [-0.39, 0.29) is 17.1 Å². The molecule has 1 amide bonds. The number of esters is 1. The minimum Gasteiger partial charge on any atom is -0.459 e. The molecule has 1 N–H and O–H groups in total. The predicted octanol–water partition coefficient (Wildman–Crippen LogP) is 1.15. The van der Waals surface area contributed by atoms with Gasteiger partial charge in [0, 0.05) is 24.4 Å². The summed E-state index contributed by atoms with van der Waals surface area (Å²) in [6.45, 7) is 4.10. The van der Waals surface area contributed by atoms with Gasteiger partial charge in [-0.3, -0.25) is 4.79 Å². The fourth-order valence-corrected chi connectivity index (χ4v) is 2.30. The molecule has 1 aromatic rings. The Labute approximate surface area is 116 Å². The number of fused-ring (bicyclic) bond motifs is 1. The van der Waals surface area contributed by atoms with E-state index in [0.29, 0.717) is 44.1 Å². The highest BCUT2D eigenvalue weighted by Crippen LogP contribution is 2.27. The van der Waals surface area contributed by atoms with Crippen molar-refractivity contribution >= 4 is 11.9 Å². The number of amides is 1. The van der Waals surface area contributed by atoms with Crippen LogP contribution in [-0.2, 0) is 15.9 Å². The van der Waals surface area contributed by atoms with E-state index in [1.165, 1.54) is 6.07 Å². The molecule has 1 fully saturated rings. The van der Waals surface area contributed by atoms with Crippen molar-refractivity contribution in [2.45, 2.75) is 19.8 Å². The first-order valence-corrected chi connectivity index (χ1v) is 6.73. The van der Waals surface area contributed by atoms with E-state index in [0.717, 1.165) is 6.42 Å². The molecule has 3 rings (SSSR count). The summed E-state index contributed by atoms with van der Waals surface area (Å²) in [5.74, 6) is -0.0697. The predicted molar refractivity (Wildman–Crippen MR) is 68.6 cm³/mol. The van der Waals surface area contributed by atoms with Crippen molar-refractivity contribution in [1.29, 1.82) is 0 Å². The topological polar surface area (TPSA) is 77.8 Å². The van der Waals surface area contributed by atoms with Gasteiger partial charge in [0.2, 0.25) is 5.76 Å². The molecule has 20 heavy (non-hydrogen) atoms. The van der Waals surface area contributed by atoms with Gasteiger partial charge in [0.1, 0.15) is 12.4 Å². The average Bonchev–Trinajstić information content (AvgIpc) is 2.75. The maximum Gasteiger partial charge on any atom is 0.374 e. The van der Waals surface area contributed by atoms with Crippen molar-refractivity contribution in [1.82, 2.24) is 5.32 Å². The summed E-state index contributed by atoms with van der Waals surface area (Å²) in [5.41, 5.74) is 0.337. The van der Waals surface area contributed by atoms with Crippen LogP contribution in [0.2, 0.25) is 0 Å². The van der Waals surface area contributed by atoms with Crippen LogP contribution >= 0.6 is 0 Å². The zero-order valence-corrected chi connectivity index (χ0v) is 11.4. The molecule has 1 aromatic heterocycles. The van der Waals surface area contributed by atoms with Crippen molar-refractivity contribution in [3.05, 3.63) is 23.2 Å². The number of ether oxygens (including phenoxy) is 2. The van der Waals surface area contributed by atoms with Crippen LogP contribution in [0, 0.1) is 5.41 Å². The van der Waals surface area contributed by atoms with Gasteiger partial charge in [0.15, 0.2) is 0 Å². The Kier molecular flexibility index (Phi) is 3.25. The van der Waals surface area contributed by atoms with Gasteiger partial charge < -0.3 is 19.2 Å². The lowest BCUT2D eigenvalue weighted by molar-refractivity contribution is -0.127. The van der Waals surface area contributed by atoms with E-state index in [1.54, 1.807) is 0 Å². The van der Waals surface area contributed by atoms with E-state index in [4.69, 9.17) is 13.9 Å². The van der Waals surface area contributed by atoms with Crippen molar-refractivity contribution in [3.63, 3.8) is 0 Å². The van der Waals surface area contributed by atoms with Crippen molar-refractivity contribution in [3.8, 4) is 0 Å². The molecule has 6 heteroatoms. The lowest BCUT2D eigenvalue weighted by atomic mass is 9.90. The zero-order chi connectivity index (χ0) is 14.2. The molecule has 0 unspecified atom stereocenters. The molecule has 0 radical (unpaired) electrons. The Balaban J connectivity index is 1.69. The van der Waals surface area contributed by atoms with E-state index < -0.39 is 5.97 Å². The van der Waals surface area contributed by atoms with Crippen LogP contribution in [0.4, 0.5) is 0 Å². The second-order valence-electron chi connectivity index (χ2n) is 5.69. The first kappa shape index (κ1) is 13.2. The number of nitrogens with one attached hydrogen (secondary N) is 1. The van der Waals surface area contributed by atoms with Gasteiger partial charge in [-0.2, -0.15) is 0 Å². The summed E-state index contributed by atoms with van der Waals surface area (Å²) < 4.78 is 15.8. The summed E-state index contributed by atoms with van der Waals surface area (Å²) in [6.07, 6.45) is 1.45. The lowest BCUT2D eigenvalue weighted by Crippen LogP contribution is -2.44. The number of aryl methyl sites for hydroxylation is 1. The Morgan fingerprint density at radius 1 is 1.50 bits per heavy atom. The van der Waals surface area contributed by atoms with Crippen LogP contribution in [0.3, 0.4) is 0 Å². The standard InChI is InChI=1S/C14H17NO5/c1-14(6-18-7-14)8-19-13(17)11-5-9-10(20-11)3-2-4-15-12(9)16/h5H,2-4,6-8H2,1H3,(H,15,16). The highest BCUT2D eigenvalue weighted by molar-refractivity contribution is 5.98. The van der Waals surface area contributed by atoms with E-state index >= 15 is 0 Å². The Hall–Kier alpha value is -1.82. The number of furan rings is 1. The summed E-state index contributed by atoms with van der Waals surface area (Å²) in [6, 6.07) is 1.47. The molecular weight excluding hydrogens is 262 g/mol. The van der Waals surface area contributed by atoms with Crippen molar-refractivity contribution < 1.29 is 23.5 Å². The Morgan fingerprint density at radius 2 is 2.30 bits per heavy atom. The molecule has 108 valence electrons. The first-order chi connectivity index (χ1) is 9.57. The lowest BCUT2D eigenvalue weighted by Gasteiger charge is -2.36. The number of carbonyl (C=O) groups is 2. The minimum absolute atomic E-state index is 0.0934. The van der Waals surface area contributed by atoms with Gasteiger partial charge in [-0.1, -0.05) is 6.92 Å². The highest BCUT2D eigenvalue weighted by Gasteiger charge is 2.35. The molecule has 0 saturated carbocycles. The number of hydrogen-bond acceptors (Lipinski definition) is 5. The molecular formula is C14H17NO5. The molecule has 1 saturated heterocycles. The highest BCUT2D eigenvalue weighted by atomic mass is 16.6. The number of hydrogen-bond donors (Lipinski definition) is 1. The number of carbonyl (C=O) groups excluding carboxylic acids is 2. The quantitative estimate of drug-likeness (QED) is 0.840. The molecule has 6 nitrogen and oxygen atoms in total. The molecule has 3 heterocycles. The van der Waals surface area contributed by atoms with Crippen LogP contribution in [0.1, 0.15) is 40.0 Å².